The Morgan fingerprint density at radius 1 is 1.12 bits per heavy atom. The average Bonchev–Trinajstić information content (AvgIpc) is 2.55. The molecule has 2 aromatic carbocycles. The molecule has 3 rings (SSSR count). The molecule has 0 amide bonds. The molecular weight excluding hydrogens is 304 g/mol. The molecule has 1 aromatic heterocycles. The van der Waals surface area contributed by atoms with Gasteiger partial charge in [0.1, 0.15) is 11.3 Å². The van der Waals surface area contributed by atoms with Gasteiger partial charge >= 0.3 is 11.6 Å². The van der Waals surface area contributed by atoms with E-state index in [1.165, 1.54) is 6.07 Å². The van der Waals surface area contributed by atoms with Crippen LogP contribution < -0.4 is 10.4 Å². The summed E-state index contributed by atoms with van der Waals surface area (Å²) in [5, 5.41) is 0.826. The molecule has 0 aliphatic heterocycles. The number of esters is 1. The Morgan fingerprint density at radius 2 is 1.88 bits per heavy atom. The molecule has 0 saturated heterocycles. The van der Waals surface area contributed by atoms with Gasteiger partial charge in [0, 0.05) is 17.5 Å². The van der Waals surface area contributed by atoms with Gasteiger partial charge in [-0.25, -0.2) is 4.79 Å². The fourth-order valence-electron chi connectivity index (χ4n) is 2.69. The van der Waals surface area contributed by atoms with E-state index in [9.17, 15) is 9.59 Å². The monoisotopic (exact) mass is 322 g/mol. The second-order valence-electron chi connectivity index (χ2n) is 5.90. The summed E-state index contributed by atoms with van der Waals surface area (Å²) in [7, 11) is 0. The molecule has 0 bridgehead atoms. The zero-order chi connectivity index (χ0) is 17.1. The molecular formula is C20H18O4. The number of hydrogen-bond acceptors (Lipinski definition) is 4. The number of aryl methyl sites for hydroxylation is 1. The second kappa shape index (κ2) is 6.71. The zero-order valence-electron chi connectivity index (χ0n) is 13.6. The van der Waals surface area contributed by atoms with Crippen LogP contribution in [0.5, 0.6) is 5.75 Å². The van der Waals surface area contributed by atoms with Crippen LogP contribution in [0.2, 0.25) is 0 Å². The van der Waals surface area contributed by atoms with Gasteiger partial charge in [-0.3, -0.25) is 4.79 Å². The Kier molecular flexibility index (Phi) is 4.47. The summed E-state index contributed by atoms with van der Waals surface area (Å²) in [6.45, 7) is 3.83. The first-order valence-corrected chi connectivity index (χ1v) is 7.83. The van der Waals surface area contributed by atoms with Crippen LogP contribution >= 0.6 is 0 Å². The Labute approximate surface area is 139 Å². The van der Waals surface area contributed by atoms with Crippen molar-refractivity contribution in [1.29, 1.82) is 0 Å². The van der Waals surface area contributed by atoms with Crippen molar-refractivity contribution in [3.05, 3.63) is 76.1 Å². The first kappa shape index (κ1) is 16.0. The molecule has 0 aliphatic carbocycles. The SMILES string of the molecule is Cc1cc(=O)oc2cc(OC(=O)C[C@@H](C)c3ccccc3)ccc12. The summed E-state index contributed by atoms with van der Waals surface area (Å²) in [4.78, 5) is 23.6. The number of benzene rings is 2. The van der Waals surface area contributed by atoms with Gasteiger partial charge in [0.15, 0.2) is 0 Å². The van der Waals surface area contributed by atoms with Crippen molar-refractivity contribution in [2.45, 2.75) is 26.2 Å². The molecule has 0 N–H and O–H groups in total. The van der Waals surface area contributed by atoms with E-state index in [2.05, 4.69) is 0 Å². The maximum absolute atomic E-state index is 12.2. The van der Waals surface area contributed by atoms with Crippen LogP contribution in [-0.4, -0.2) is 5.97 Å². The molecule has 1 atom stereocenters. The van der Waals surface area contributed by atoms with E-state index in [-0.39, 0.29) is 18.3 Å². The first-order valence-electron chi connectivity index (χ1n) is 7.83. The smallest absolute Gasteiger partial charge is 0.336 e. The van der Waals surface area contributed by atoms with Gasteiger partial charge in [-0.05, 0) is 36.1 Å². The lowest BCUT2D eigenvalue weighted by molar-refractivity contribution is -0.134. The van der Waals surface area contributed by atoms with Gasteiger partial charge in [-0.2, -0.15) is 0 Å². The number of hydrogen-bond donors (Lipinski definition) is 0. The summed E-state index contributed by atoms with van der Waals surface area (Å²) in [5.74, 6) is 0.126. The summed E-state index contributed by atoms with van der Waals surface area (Å²) < 4.78 is 10.6. The van der Waals surface area contributed by atoms with Gasteiger partial charge in [0.2, 0.25) is 0 Å². The van der Waals surface area contributed by atoms with E-state index in [0.29, 0.717) is 11.3 Å². The first-order chi connectivity index (χ1) is 11.5. The van der Waals surface area contributed by atoms with Gasteiger partial charge in [-0.1, -0.05) is 37.3 Å². The predicted molar refractivity (Wildman–Crippen MR) is 92.3 cm³/mol. The molecule has 0 radical (unpaired) electrons. The number of carbonyl (C=O) groups is 1. The molecule has 0 saturated carbocycles. The lowest BCUT2D eigenvalue weighted by Crippen LogP contribution is -2.11. The summed E-state index contributed by atoms with van der Waals surface area (Å²) in [6, 6.07) is 16.3. The summed E-state index contributed by atoms with van der Waals surface area (Å²) in [5.41, 5.74) is 1.92. The van der Waals surface area contributed by atoms with Gasteiger partial charge < -0.3 is 9.15 Å². The van der Waals surface area contributed by atoms with E-state index in [4.69, 9.17) is 9.15 Å². The van der Waals surface area contributed by atoms with Crippen LogP contribution in [0.25, 0.3) is 11.0 Å². The van der Waals surface area contributed by atoms with Crippen molar-refractivity contribution in [3.8, 4) is 5.75 Å². The lowest BCUT2D eigenvalue weighted by atomic mass is 9.98. The molecule has 0 aliphatic rings. The molecule has 0 unspecified atom stereocenters. The quantitative estimate of drug-likeness (QED) is 0.410. The number of rotatable bonds is 4. The molecule has 4 nitrogen and oxygen atoms in total. The molecule has 122 valence electrons. The third-order valence-electron chi connectivity index (χ3n) is 4.00. The minimum absolute atomic E-state index is 0.0688. The van der Waals surface area contributed by atoms with Crippen LogP contribution in [0, 0.1) is 6.92 Å². The van der Waals surface area contributed by atoms with E-state index in [1.54, 1.807) is 18.2 Å². The van der Waals surface area contributed by atoms with Crippen LogP contribution in [-0.2, 0) is 4.79 Å². The Morgan fingerprint density at radius 3 is 2.62 bits per heavy atom. The average molecular weight is 322 g/mol. The maximum atomic E-state index is 12.2. The third kappa shape index (κ3) is 3.54. The highest BCUT2D eigenvalue weighted by Gasteiger charge is 2.13. The van der Waals surface area contributed by atoms with E-state index < -0.39 is 5.63 Å². The van der Waals surface area contributed by atoms with Crippen molar-refractivity contribution in [2.75, 3.05) is 0 Å². The predicted octanol–water partition coefficient (Wildman–Crippen LogP) is 4.20. The summed E-state index contributed by atoms with van der Waals surface area (Å²) >= 11 is 0. The minimum atomic E-state index is -0.416. The highest BCUT2D eigenvalue weighted by Crippen LogP contribution is 2.24. The van der Waals surface area contributed by atoms with E-state index in [0.717, 1.165) is 16.5 Å². The molecule has 4 heteroatoms. The minimum Gasteiger partial charge on any atom is -0.426 e. The highest BCUT2D eigenvalue weighted by molar-refractivity contribution is 5.82. The molecule has 24 heavy (non-hydrogen) atoms. The van der Waals surface area contributed by atoms with Crippen molar-refractivity contribution in [1.82, 2.24) is 0 Å². The fourth-order valence-corrected chi connectivity index (χ4v) is 2.69. The van der Waals surface area contributed by atoms with Gasteiger partial charge in [-0.15, -0.1) is 0 Å². The number of carbonyl (C=O) groups excluding carboxylic acids is 1. The molecule has 0 fully saturated rings. The molecule has 3 aromatic rings. The standard InChI is InChI=1S/C20H18O4/c1-13(15-6-4-3-5-7-15)10-19(21)23-16-8-9-17-14(2)11-20(22)24-18(17)12-16/h3-9,11-13H,10H2,1-2H3/t13-/m1/s1. The highest BCUT2D eigenvalue weighted by atomic mass is 16.5. The normalized spacial score (nSPS) is 12.1. The van der Waals surface area contributed by atoms with Gasteiger partial charge in [0.25, 0.3) is 0 Å². The molecule has 1 heterocycles. The Hall–Kier alpha value is -2.88. The largest absolute Gasteiger partial charge is 0.426 e. The molecule has 0 spiro atoms. The van der Waals surface area contributed by atoms with Gasteiger partial charge in [0.05, 0.1) is 6.42 Å². The van der Waals surface area contributed by atoms with Crippen molar-refractivity contribution in [3.63, 3.8) is 0 Å². The van der Waals surface area contributed by atoms with Crippen molar-refractivity contribution in [2.24, 2.45) is 0 Å². The summed E-state index contributed by atoms with van der Waals surface area (Å²) in [6.07, 6.45) is 0.278. The van der Waals surface area contributed by atoms with Crippen molar-refractivity contribution < 1.29 is 13.9 Å². The number of fused-ring (bicyclic) bond motifs is 1. The van der Waals surface area contributed by atoms with Crippen LogP contribution in [0.1, 0.15) is 30.4 Å². The second-order valence-corrected chi connectivity index (χ2v) is 5.90. The Balaban J connectivity index is 1.75. The fraction of sp³-hybridized carbons (Fsp3) is 0.200. The Bertz CT molecular complexity index is 925. The zero-order valence-corrected chi connectivity index (χ0v) is 13.6. The van der Waals surface area contributed by atoms with Crippen LogP contribution in [0.4, 0.5) is 0 Å². The number of ether oxygens (including phenoxy) is 1. The van der Waals surface area contributed by atoms with Crippen LogP contribution in [0.3, 0.4) is 0 Å². The van der Waals surface area contributed by atoms with E-state index >= 15 is 0 Å². The van der Waals surface area contributed by atoms with Crippen molar-refractivity contribution >= 4 is 16.9 Å². The lowest BCUT2D eigenvalue weighted by Gasteiger charge is -2.11. The van der Waals surface area contributed by atoms with E-state index in [1.807, 2.05) is 44.2 Å². The topological polar surface area (TPSA) is 56.5 Å². The maximum Gasteiger partial charge on any atom is 0.336 e. The van der Waals surface area contributed by atoms with Crippen LogP contribution in [0.15, 0.2) is 63.8 Å². The third-order valence-corrected chi connectivity index (χ3v) is 4.00.